The number of nitrogens with zero attached hydrogens (tertiary/aromatic N) is 6. The van der Waals surface area contributed by atoms with Crippen molar-refractivity contribution in [1.29, 1.82) is 0 Å². The van der Waals surface area contributed by atoms with Gasteiger partial charge in [0.1, 0.15) is 11.9 Å². The van der Waals surface area contributed by atoms with Crippen LogP contribution in [0.5, 0.6) is 0 Å². The van der Waals surface area contributed by atoms with E-state index in [1.54, 1.807) is 17.4 Å². The van der Waals surface area contributed by atoms with Gasteiger partial charge in [-0.15, -0.1) is 11.3 Å². The number of imidazole rings is 1. The summed E-state index contributed by atoms with van der Waals surface area (Å²) in [4.78, 5) is 30.1. The topological polar surface area (TPSA) is 101 Å². The Kier molecular flexibility index (Phi) is 6.88. The number of hydrazone groups is 1. The van der Waals surface area contributed by atoms with E-state index >= 15 is 0 Å². The van der Waals surface area contributed by atoms with Crippen molar-refractivity contribution >= 4 is 62.0 Å². The van der Waals surface area contributed by atoms with Crippen molar-refractivity contribution in [3.05, 3.63) is 107 Å². The molecule has 10 heteroatoms. The molecule has 0 bridgehead atoms. The molecule has 0 aliphatic rings. The van der Waals surface area contributed by atoms with Crippen LogP contribution in [0.1, 0.15) is 19.4 Å². The first-order valence-corrected chi connectivity index (χ1v) is 14.9. The number of fused-ring (bicyclic) bond motifs is 3. The summed E-state index contributed by atoms with van der Waals surface area (Å²) in [7, 11) is 0. The quantitative estimate of drug-likeness (QED) is 0.115. The molecule has 0 amide bonds. The second-order valence-corrected chi connectivity index (χ2v) is 10.8. The summed E-state index contributed by atoms with van der Waals surface area (Å²) in [6.45, 7) is 5.93. The van der Waals surface area contributed by atoms with Gasteiger partial charge in [0.25, 0.3) is 0 Å². The third-order valence-corrected chi connectivity index (χ3v) is 8.31. The minimum absolute atomic E-state index is 0.321. The van der Waals surface area contributed by atoms with Gasteiger partial charge in [0.15, 0.2) is 22.8 Å². The van der Waals surface area contributed by atoms with Gasteiger partial charge in [0.05, 0.1) is 22.3 Å². The summed E-state index contributed by atoms with van der Waals surface area (Å²) >= 11 is 1.60. The maximum absolute atomic E-state index is 12.8. The molecule has 0 radical (unpaired) electrons. The normalized spacial score (nSPS) is 11.7. The van der Waals surface area contributed by atoms with Crippen LogP contribution in [0.4, 0.5) is 11.5 Å². The van der Waals surface area contributed by atoms with Crippen LogP contribution in [-0.2, 0) is 0 Å². The molecule has 0 atom stereocenters. The van der Waals surface area contributed by atoms with Crippen molar-refractivity contribution in [1.82, 2.24) is 19.5 Å². The third-order valence-electron chi connectivity index (χ3n) is 7.44. The SMILES string of the molecule is CCN(CC)c1ccc2cc(/C=N/Nc3ncnc4c3nc(-c3cccs3)n4-c3cccc4ccccc34)c(=O)oc2c1. The van der Waals surface area contributed by atoms with Gasteiger partial charge in [-0.3, -0.25) is 9.99 Å². The Balaban J connectivity index is 1.27. The van der Waals surface area contributed by atoms with Crippen LogP contribution in [0.3, 0.4) is 0 Å². The standard InChI is InChI=1S/C33H27N7O2S/c1-3-39(4-2)24-15-14-22-17-23(33(41)42-27(22)18-24)19-36-38-30-29-32(35-20-34-30)40(31(37-29)28-13-8-16-43-28)26-12-7-10-21-9-5-6-11-25(21)26/h5-20H,3-4H2,1-2H3,(H,34,35,38)/b36-19+. The van der Waals surface area contributed by atoms with Crippen LogP contribution in [0.2, 0.25) is 0 Å². The molecule has 43 heavy (non-hydrogen) atoms. The Labute approximate surface area is 250 Å². The van der Waals surface area contributed by atoms with Gasteiger partial charge in [-0.2, -0.15) is 5.10 Å². The van der Waals surface area contributed by atoms with E-state index in [0.29, 0.717) is 28.1 Å². The third kappa shape index (κ3) is 4.81. The lowest BCUT2D eigenvalue weighted by Crippen LogP contribution is -2.21. The summed E-state index contributed by atoms with van der Waals surface area (Å²) < 4.78 is 7.71. The van der Waals surface area contributed by atoms with Crippen LogP contribution in [0, 0.1) is 0 Å². The van der Waals surface area contributed by atoms with Gasteiger partial charge in [0.2, 0.25) is 0 Å². The number of nitrogens with one attached hydrogen (secondary N) is 1. The molecule has 4 heterocycles. The molecule has 1 N–H and O–H groups in total. The first kappa shape index (κ1) is 26.5. The van der Waals surface area contributed by atoms with E-state index in [2.05, 4.69) is 68.1 Å². The molecule has 0 aliphatic carbocycles. The second kappa shape index (κ2) is 11.1. The largest absolute Gasteiger partial charge is 0.422 e. The monoisotopic (exact) mass is 585 g/mol. The molecule has 0 saturated heterocycles. The Hall–Kier alpha value is -5.35. The summed E-state index contributed by atoms with van der Waals surface area (Å²) in [5.41, 5.74) is 6.56. The lowest BCUT2D eigenvalue weighted by Gasteiger charge is -2.20. The highest BCUT2D eigenvalue weighted by Gasteiger charge is 2.20. The molecule has 0 unspecified atom stereocenters. The lowest BCUT2D eigenvalue weighted by atomic mass is 10.1. The predicted octanol–water partition coefficient (Wildman–Crippen LogP) is 7.10. The number of anilines is 2. The number of hydrogen-bond donors (Lipinski definition) is 1. The molecule has 9 nitrogen and oxygen atoms in total. The number of hydrogen-bond acceptors (Lipinski definition) is 9. The van der Waals surface area contributed by atoms with Crippen LogP contribution < -0.4 is 16.0 Å². The van der Waals surface area contributed by atoms with E-state index in [9.17, 15) is 4.79 Å². The molecule has 0 spiro atoms. The van der Waals surface area contributed by atoms with Gasteiger partial charge in [-0.1, -0.05) is 42.5 Å². The predicted molar refractivity (Wildman–Crippen MR) is 175 cm³/mol. The molecular weight excluding hydrogens is 558 g/mol. The first-order chi connectivity index (χ1) is 21.1. The molecule has 7 rings (SSSR count). The average molecular weight is 586 g/mol. The fraction of sp³-hybridized carbons (Fsp3) is 0.121. The number of thiophene rings is 1. The summed E-state index contributed by atoms with van der Waals surface area (Å²) in [6, 6.07) is 26.1. The molecule has 0 saturated carbocycles. The highest BCUT2D eigenvalue weighted by atomic mass is 32.1. The molecule has 4 aromatic heterocycles. The van der Waals surface area contributed by atoms with Gasteiger partial charge in [0, 0.05) is 35.6 Å². The van der Waals surface area contributed by atoms with Crippen LogP contribution in [-0.4, -0.2) is 38.8 Å². The van der Waals surface area contributed by atoms with Crippen molar-refractivity contribution in [3.63, 3.8) is 0 Å². The maximum Gasteiger partial charge on any atom is 0.345 e. The van der Waals surface area contributed by atoms with Crippen LogP contribution in [0.15, 0.2) is 105 Å². The Bertz CT molecular complexity index is 2170. The minimum Gasteiger partial charge on any atom is -0.422 e. The van der Waals surface area contributed by atoms with E-state index in [4.69, 9.17) is 9.40 Å². The zero-order chi connectivity index (χ0) is 29.3. The van der Waals surface area contributed by atoms with E-state index < -0.39 is 5.63 Å². The highest BCUT2D eigenvalue weighted by Crippen LogP contribution is 2.34. The highest BCUT2D eigenvalue weighted by molar-refractivity contribution is 7.13. The van der Waals surface area contributed by atoms with E-state index in [-0.39, 0.29) is 0 Å². The molecule has 3 aromatic carbocycles. The van der Waals surface area contributed by atoms with E-state index in [0.717, 1.165) is 51.3 Å². The summed E-state index contributed by atoms with van der Waals surface area (Å²) in [6.07, 6.45) is 2.93. The van der Waals surface area contributed by atoms with Crippen LogP contribution >= 0.6 is 11.3 Å². The Morgan fingerprint density at radius 1 is 0.977 bits per heavy atom. The molecule has 212 valence electrons. The Morgan fingerprint density at radius 3 is 2.67 bits per heavy atom. The van der Waals surface area contributed by atoms with Gasteiger partial charge >= 0.3 is 5.63 Å². The maximum atomic E-state index is 12.8. The minimum atomic E-state index is -0.470. The summed E-state index contributed by atoms with van der Waals surface area (Å²) in [5, 5.41) is 9.39. The second-order valence-electron chi connectivity index (χ2n) is 9.89. The van der Waals surface area contributed by atoms with Crippen molar-refractivity contribution in [3.8, 4) is 16.4 Å². The van der Waals surface area contributed by atoms with Gasteiger partial charge in [-0.25, -0.2) is 19.7 Å². The fourth-order valence-electron chi connectivity index (χ4n) is 5.33. The fourth-order valence-corrected chi connectivity index (χ4v) is 6.03. The van der Waals surface area contributed by atoms with Crippen LogP contribution in [0.25, 0.3) is 49.3 Å². The first-order valence-electron chi connectivity index (χ1n) is 14.0. The van der Waals surface area contributed by atoms with Gasteiger partial charge < -0.3 is 9.32 Å². The molecule has 0 fully saturated rings. The van der Waals surface area contributed by atoms with Gasteiger partial charge in [-0.05, 0) is 54.9 Å². The van der Waals surface area contributed by atoms with Crippen molar-refractivity contribution in [2.75, 3.05) is 23.4 Å². The number of benzene rings is 3. The number of aromatic nitrogens is 4. The van der Waals surface area contributed by atoms with Crippen molar-refractivity contribution in [2.45, 2.75) is 13.8 Å². The van der Waals surface area contributed by atoms with E-state index in [1.807, 2.05) is 53.9 Å². The van der Waals surface area contributed by atoms with Crippen molar-refractivity contribution in [2.24, 2.45) is 5.10 Å². The lowest BCUT2D eigenvalue weighted by molar-refractivity contribution is 0.559. The smallest absolute Gasteiger partial charge is 0.345 e. The zero-order valence-electron chi connectivity index (χ0n) is 23.6. The van der Waals surface area contributed by atoms with Crippen molar-refractivity contribution < 1.29 is 4.42 Å². The zero-order valence-corrected chi connectivity index (χ0v) is 24.4. The Morgan fingerprint density at radius 2 is 1.84 bits per heavy atom. The summed E-state index contributed by atoms with van der Waals surface area (Å²) in [5.74, 6) is 1.18. The molecule has 0 aliphatic heterocycles. The number of rotatable bonds is 8. The molecular formula is C33H27N7O2S. The average Bonchev–Trinajstić information content (AvgIpc) is 3.70. The van der Waals surface area contributed by atoms with E-state index in [1.165, 1.54) is 12.5 Å². The molecule has 7 aromatic rings.